The zero-order valence-electron chi connectivity index (χ0n) is 16.6. The summed E-state index contributed by atoms with van der Waals surface area (Å²) in [5.74, 6) is 0.201. The summed E-state index contributed by atoms with van der Waals surface area (Å²) in [7, 11) is 0. The summed E-state index contributed by atoms with van der Waals surface area (Å²) < 4.78 is 6.99. The second-order valence-electron chi connectivity index (χ2n) is 7.18. The van der Waals surface area contributed by atoms with Crippen molar-refractivity contribution < 1.29 is 24.9 Å². The van der Waals surface area contributed by atoms with E-state index in [0.29, 0.717) is 30.1 Å². The lowest BCUT2D eigenvalue weighted by atomic mass is 10.1. The van der Waals surface area contributed by atoms with Crippen molar-refractivity contribution >= 4 is 22.9 Å². The Labute approximate surface area is 173 Å². The van der Waals surface area contributed by atoms with Crippen molar-refractivity contribution in [2.24, 2.45) is 5.73 Å². The fourth-order valence-electron chi connectivity index (χ4n) is 3.35. The summed E-state index contributed by atoms with van der Waals surface area (Å²) in [6.07, 6.45) is 2.36. The first-order valence-electron chi connectivity index (χ1n) is 10.1. The molecule has 166 valence electrons. The van der Waals surface area contributed by atoms with E-state index in [9.17, 15) is 20.1 Å². The molecular weight excluding hydrogens is 394 g/mol. The number of rotatable bonds is 11. The Balaban J connectivity index is 1.59. The van der Waals surface area contributed by atoms with Gasteiger partial charge in [-0.15, -0.1) is 0 Å². The zero-order chi connectivity index (χ0) is 21.5. The number of carbonyl (C=O) groups excluding carboxylic acids is 1. The van der Waals surface area contributed by atoms with E-state index in [1.807, 2.05) is 0 Å². The topological polar surface area (TPSA) is 181 Å². The smallest absolute Gasteiger partial charge is 0.239 e. The van der Waals surface area contributed by atoms with Gasteiger partial charge < -0.3 is 36.4 Å². The van der Waals surface area contributed by atoms with Crippen molar-refractivity contribution in [2.75, 3.05) is 31.6 Å². The molecule has 12 nitrogen and oxygen atoms in total. The van der Waals surface area contributed by atoms with E-state index in [4.69, 9.17) is 10.5 Å². The van der Waals surface area contributed by atoms with Gasteiger partial charge in [0.1, 0.15) is 24.6 Å². The maximum absolute atomic E-state index is 12.0. The van der Waals surface area contributed by atoms with E-state index in [2.05, 4.69) is 25.6 Å². The van der Waals surface area contributed by atoms with Crippen LogP contribution in [0.3, 0.4) is 0 Å². The van der Waals surface area contributed by atoms with Crippen LogP contribution in [-0.4, -0.2) is 85.3 Å². The molecule has 1 aliphatic heterocycles. The van der Waals surface area contributed by atoms with E-state index in [0.717, 1.165) is 25.7 Å². The van der Waals surface area contributed by atoms with Crippen molar-refractivity contribution in [3.8, 4) is 0 Å². The molecule has 1 fully saturated rings. The van der Waals surface area contributed by atoms with Crippen molar-refractivity contribution in [3.05, 3.63) is 12.7 Å². The summed E-state index contributed by atoms with van der Waals surface area (Å²) in [5, 5.41) is 35.3. The second-order valence-corrected chi connectivity index (χ2v) is 7.18. The monoisotopic (exact) mass is 423 g/mol. The fraction of sp³-hybridized carbons (Fsp3) is 0.667. The number of aliphatic hydroxyl groups is 3. The SMILES string of the molecule is NCCCCCCNC(=O)CNc1ncnc2c1ncn2[C@@H]1O[C@H](CO)C(O)C1O. The summed E-state index contributed by atoms with van der Waals surface area (Å²) >= 11 is 0. The van der Waals surface area contributed by atoms with Crippen molar-refractivity contribution in [1.29, 1.82) is 0 Å². The van der Waals surface area contributed by atoms with Crippen LogP contribution in [0.4, 0.5) is 5.82 Å². The molecule has 1 saturated heterocycles. The first-order chi connectivity index (χ1) is 14.6. The highest BCUT2D eigenvalue weighted by atomic mass is 16.6. The van der Waals surface area contributed by atoms with Crippen LogP contribution in [0.2, 0.25) is 0 Å². The minimum atomic E-state index is -1.25. The van der Waals surface area contributed by atoms with Crippen LogP contribution in [0, 0.1) is 0 Å². The minimum absolute atomic E-state index is 0.0234. The lowest BCUT2D eigenvalue weighted by Crippen LogP contribution is -2.33. The number of fused-ring (bicyclic) bond motifs is 1. The van der Waals surface area contributed by atoms with E-state index in [-0.39, 0.29) is 12.5 Å². The average molecular weight is 423 g/mol. The maximum atomic E-state index is 12.0. The molecule has 4 atom stereocenters. The third-order valence-corrected chi connectivity index (χ3v) is 5.02. The standard InChI is InChI=1S/C18H29N7O5/c19-5-3-1-2-4-6-20-12(27)7-21-16-13-17(23-9-22-16)25(10-24-13)18-15(29)14(28)11(8-26)30-18/h9-11,14-15,18,26,28-29H,1-8,19H2,(H,20,27)(H,21,22,23)/t11-,14?,15?,18-/m1/s1. The second kappa shape index (κ2) is 10.6. The van der Waals surface area contributed by atoms with Crippen LogP contribution in [0.15, 0.2) is 12.7 Å². The largest absolute Gasteiger partial charge is 0.394 e. The van der Waals surface area contributed by atoms with Gasteiger partial charge >= 0.3 is 0 Å². The van der Waals surface area contributed by atoms with Gasteiger partial charge in [0.2, 0.25) is 5.91 Å². The predicted octanol–water partition coefficient (Wildman–Crippen LogP) is -1.51. The summed E-state index contributed by atoms with van der Waals surface area (Å²) in [4.78, 5) is 24.6. The molecule has 0 radical (unpaired) electrons. The number of nitrogens with two attached hydrogens (primary N) is 1. The molecule has 1 aliphatic rings. The number of aromatic nitrogens is 4. The Morgan fingerprint density at radius 1 is 1.17 bits per heavy atom. The molecule has 12 heteroatoms. The van der Waals surface area contributed by atoms with E-state index in [1.165, 1.54) is 17.2 Å². The lowest BCUT2D eigenvalue weighted by Gasteiger charge is -2.16. The van der Waals surface area contributed by atoms with Crippen molar-refractivity contribution in [3.63, 3.8) is 0 Å². The molecule has 0 spiro atoms. The molecule has 2 unspecified atom stereocenters. The van der Waals surface area contributed by atoms with Crippen molar-refractivity contribution in [1.82, 2.24) is 24.8 Å². The van der Waals surface area contributed by atoms with Crippen LogP contribution in [-0.2, 0) is 9.53 Å². The molecule has 0 aliphatic carbocycles. The number of hydrogen-bond donors (Lipinski definition) is 6. The third-order valence-electron chi connectivity index (χ3n) is 5.02. The predicted molar refractivity (Wildman–Crippen MR) is 107 cm³/mol. The maximum Gasteiger partial charge on any atom is 0.239 e. The highest BCUT2D eigenvalue weighted by Crippen LogP contribution is 2.31. The number of aliphatic hydroxyl groups excluding tert-OH is 3. The molecule has 0 aromatic carbocycles. The van der Waals surface area contributed by atoms with E-state index < -0.39 is 31.1 Å². The van der Waals surface area contributed by atoms with E-state index >= 15 is 0 Å². The van der Waals surface area contributed by atoms with E-state index in [1.54, 1.807) is 0 Å². The first kappa shape index (κ1) is 22.3. The fourth-order valence-corrected chi connectivity index (χ4v) is 3.35. The first-order valence-corrected chi connectivity index (χ1v) is 10.1. The van der Waals surface area contributed by atoms with Gasteiger partial charge in [0, 0.05) is 6.54 Å². The molecule has 2 aromatic heterocycles. The number of carbonyl (C=O) groups is 1. The number of ether oxygens (including phenoxy) is 1. The molecule has 0 bridgehead atoms. The number of nitrogens with one attached hydrogen (secondary N) is 2. The van der Waals surface area contributed by atoms with Crippen LogP contribution < -0.4 is 16.4 Å². The highest BCUT2D eigenvalue weighted by molar-refractivity contribution is 5.86. The van der Waals surface area contributed by atoms with Gasteiger partial charge in [-0.2, -0.15) is 0 Å². The highest BCUT2D eigenvalue weighted by Gasteiger charge is 2.44. The quantitative estimate of drug-likeness (QED) is 0.232. The molecule has 7 N–H and O–H groups in total. The Morgan fingerprint density at radius 2 is 1.97 bits per heavy atom. The van der Waals surface area contributed by atoms with Gasteiger partial charge in [0.25, 0.3) is 0 Å². The number of hydrogen-bond acceptors (Lipinski definition) is 10. The van der Waals surface area contributed by atoms with Crippen molar-refractivity contribution in [2.45, 2.75) is 50.2 Å². The Bertz CT molecular complexity index is 832. The number of imidazole rings is 1. The van der Waals surface area contributed by atoms with Gasteiger partial charge in [-0.1, -0.05) is 12.8 Å². The van der Waals surface area contributed by atoms with Crippen LogP contribution >= 0.6 is 0 Å². The Kier molecular flexibility index (Phi) is 7.87. The molecule has 2 aromatic rings. The Morgan fingerprint density at radius 3 is 2.70 bits per heavy atom. The number of unbranched alkanes of at least 4 members (excludes halogenated alkanes) is 3. The molecule has 1 amide bonds. The van der Waals surface area contributed by atoms with Crippen LogP contribution in [0.5, 0.6) is 0 Å². The lowest BCUT2D eigenvalue weighted by molar-refractivity contribution is -0.119. The summed E-state index contributed by atoms with van der Waals surface area (Å²) in [6.45, 7) is 0.888. The molecule has 3 rings (SSSR count). The van der Waals surface area contributed by atoms with Gasteiger partial charge in [-0.05, 0) is 19.4 Å². The number of nitrogens with zero attached hydrogens (tertiary/aromatic N) is 4. The zero-order valence-corrected chi connectivity index (χ0v) is 16.6. The molecule has 0 saturated carbocycles. The summed E-state index contributed by atoms with van der Waals surface area (Å²) in [5.41, 5.74) is 6.21. The Hall–Kier alpha value is -2.38. The number of anilines is 1. The van der Waals surface area contributed by atoms with Gasteiger partial charge in [-0.25, -0.2) is 15.0 Å². The third kappa shape index (κ3) is 5.02. The van der Waals surface area contributed by atoms with Gasteiger partial charge in [0.05, 0.1) is 19.5 Å². The van der Waals surface area contributed by atoms with Gasteiger partial charge in [0.15, 0.2) is 23.2 Å². The summed E-state index contributed by atoms with van der Waals surface area (Å²) in [6, 6.07) is 0. The average Bonchev–Trinajstić information content (AvgIpc) is 3.30. The van der Waals surface area contributed by atoms with Crippen LogP contribution in [0.1, 0.15) is 31.9 Å². The molecular formula is C18H29N7O5. The number of amides is 1. The van der Waals surface area contributed by atoms with Crippen LogP contribution in [0.25, 0.3) is 11.2 Å². The van der Waals surface area contributed by atoms with Gasteiger partial charge in [-0.3, -0.25) is 9.36 Å². The minimum Gasteiger partial charge on any atom is -0.394 e. The molecule has 3 heterocycles. The normalized spacial score (nSPS) is 23.7. The molecule has 30 heavy (non-hydrogen) atoms.